The Hall–Kier alpha value is -3.91. The summed E-state index contributed by atoms with van der Waals surface area (Å²) in [5.41, 5.74) is 3.45. The quantitative estimate of drug-likeness (QED) is 0.232. The maximum Gasteiger partial charge on any atom is 0.416 e. The summed E-state index contributed by atoms with van der Waals surface area (Å²) in [5, 5.41) is 24.1. The van der Waals surface area contributed by atoms with Gasteiger partial charge in [-0.25, -0.2) is 0 Å². The summed E-state index contributed by atoms with van der Waals surface area (Å²) < 4.78 is 45.6. The van der Waals surface area contributed by atoms with E-state index in [1.807, 2.05) is 55.5 Å². The maximum absolute atomic E-state index is 13.3. The zero-order valence-corrected chi connectivity index (χ0v) is 21.3. The molecule has 4 aromatic rings. The number of aliphatic carboxylic acids is 1. The number of nitrogens with zero attached hydrogens (tertiary/aromatic N) is 1. The number of benzene rings is 3. The largest absolute Gasteiger partial charge is 0.481 e. The molecule has 0 bridgehead atoms. The van der Waals surface area contributed by atoms with E-state index in [2.05, 4.69) is 5.16 Å². The third-order valence-electron chi connectivity index (χ3n) is 7.59. The molecule has 0 spiro atoms. The Labute approximate surface area is 223 Å². The summed E-state index contributed by atoms with van der Waals surface area (Å²) in [6.45, 7) is 1.82. The molecule has 202 valence electrons. The first kappa shape index (κ1) is 26.7. The lowest BCUT2D eigenvalue weighted by Crippen LogP contribution is -2.19. The number of rotatable bonds is 9. The van der Waals surface area contributed by atoms with Crippen LogP contribution in [-0.2, 0) is 22.8 Å². The zero-order valence-electron chi connectivity index (χ0n) is 21.3. The van der Waals surface area contributed by atoms with E-state index in [1.165, 1.54) is 18.2 Å². The van der Waals surface area contributed by atoms with Gasteiger partial charge in [-0.15, -0.1) is 0 Å². The molecule has 5 rings (SSSR count). The number of hydrogen-bond acceptors (Lipinski definition) is 4. The van der Waals surface area contributed by atoms with Gasteiger partial charge in [0.1, 0.15) is 0 Å². The maximum atomic E-state index is 13.3. The van der Waals surface area contributed by atoms with Crippen LogP contribution in [-0.4, -0.2) is 21.3 Å². The minimum atomic E-state index is -4.53. The summed E-state index contributed by atoms with van der Waals surface area (Å²) in [5.74, 6) is -0.185. The molecule has 1 atom stereocenters. The van der Waals surface area contributed by atoms with E-state index in [4.69, 9.17) is 4.52 Å². The molecule has 0 amide bonds. The third-order valence-corrected chi connectivity index (χ3v) is 7.59. The van der Waals surface area contributed by atoms with Gasteiger partial charge >= 0.3 is 12.1 Å². The molecule has 3 aromatic carbocycles. The smallest absolute Gasteiger partial charge is 0.416 e. The van der Waals surface area contributed by atoms with Crippen molar-refractivity contribution >= 4 is 5.97 Å². The summed E-state index contributed by atoms with van der Waals surface area (Å²) in [6.07, 6.45) is -3.33. The molecule has 1 saturated carbocycles. The second kappa shape index (κ2) is 10.3. The zero-order chi connectivity index (χ0) is 27.8. The van der Waals surface area contributed by atoms with E-state index in [9.17, 15) is 28.2 Å². The highest BCUT2D eigenvalue weighted by Gasteiger charge is 2.51. The van der Waals surface area contributed by atoms with Crippen LogP contribution in [0.2, 0.25) is 0 Å². The number of carboxylic acids is 1. The van der Waals surface area contributed by atoms with E-state index < -0.39 is 29.2 Å². The molecule has 1 fully saturated rings. The lowest BCUT2D eigenvalue weighted by atomic mass is 9.93. The van der Waals surface area contributed by atoms with Gasteiger partial charge < -0.3 is 14.7 Å². The van der Waals surface area contributed by atoms with Gasteiger partial charge in [-0.05, 0) is 67.3 Å². The Bertz CT molecular complexity index is 1470. The number of hydrogen-bond donors (Lipinski definition) is 2. The highest BCUT2D eigenvalue weighted by molar-refractivity contribution is 5.85. The van der Waals surface area contributed by atoms with Gasteiger partial charge in [0.05, 0.1) is 22.8 Å². The number of aryl methyl sites for hydroxylation is 1. The molecule has 39 heavy (non-hydrogen) atoms. The number of aliphatic hydroxyl groups excluding tert-OH is 1. The number of halogens is 3. The number of carbonyl (C=O) groups is 1. The van der Waals surface area contributed by atoms with E-state index in [0.717, 1.165) is 33.9 Å². The van der Waals surface area contributed by atoms with Crippen LogP contribution < -0.4 is 0 Å². The Morgan fingerprint density at radius 1 is 0.974 bits per heavy atom. The SMILES string of the molecule is Cc1noc(-c2ccc(-c3ccc(C4(C(=O)O)CC4)cc3)cc2)c1CCCC(O)c1ccccc1C(F)(F)F. The van der Waals surface area contributed by atoms with Crippen LogP contribution in [0.4, 0.5) is 13.2 Å². The second-order valence-corrected chi connectivity index (χ2v) is 10.1. The van der Waals surface area contributed by atoms with Gasteiger partial charge in [0, 0.05) is 11.1 Å². The van der Waals surface area contributed by atoms with Crippen molar-refractivity contribution < 1.29 is 32.7 Å². The topological polar surface area (TPSA) is 83.6 Å². The normalized spacial score (nSPS) is 15.2. The Balaban J connectivity index is 1.27. The van der Waals surface area contributed by atoms with Crippen LogP contribution in [0, 0.1) is 6.92 Å². The first-order valence-corrected chi connectivity index (χ1v) is 12.8. The van der Waals surface area contributed by atoms with Gasteiger partial charge in [0.2, 0.25) is 0 Å². The molecule has 0 saturated heterocycles. The van der Waals surface area contributed by atoms with E-state index in [-0.39, 0.29) is 12.0 Å². The molecule has 0 radical (unpaired) electrons. The summed E-state index contributed by atoms with van der Waals surface area (Å²) >= 11 is 0. The van der Waals surface area contributed by atoms with Gasteiger partial charge in [-0.1, -0.05) is 71.9 Å². The fraction of sp³-hybridized carbons (Fsp3) is 0.290. The Morgan fingerprint density at radius 3 is 2.15 bits per heavy atom. The minimum absolute atomic E-state index is 0.119. The molecular weight excluding hydrogens is 507 g/mol. The number of aromatic nitrogens is 1. The average Bonchev–Trinajstić information content (AvgIpc) is 3.67. The van der Waals surface area contributed by atoms with Crippen molar-refractivity contribution in [2.24, 2.45) is 0 Å². The van der Waals surface area contributed by atoms with Crippen molar-refractivity contribution in [3.63, 3.8) is 0 Å². The highest BCUT2D eigenvalue weighted by Crippen LogP contribution is 2.48. The summed E-state index contributed by atoms with van der Waals surface area (Å²) in [6, 6.07) is 20.5. The summed E-state index contributed by atoms with van der Waals surface area (Å²) in [4.78, 5) is 11.6. The number of aliphatic hydroxyl groups is 1. The standard InChI is InChI=1S/C31H28F3NO4/c1-19-24(6-4-8-27(36)25-5-2-3-7-26(25)31(32,33)34)28(39-35-19)22-11-9-20(10-12-22)21-13-15-23(16-14-21)30(17-18-30)29(37)38/h2-3,5,7,9-16,27,36H,4,6,8,17-18H2,1H3,(H,37,38). The van der Waals surface area contributed by atoms with Crippen LogP contribution in [0.5, 0.6) is 0 Å². The van der Waals surface area contributed by atoms with Crippen molar-refractivity contribution in [3.8, 4) is 22.5 Å². The van der Waals surface area contributed by atoms with Crippen LogP contribution in [0.3, 0.4) is 0 Å². The van der Waals surface area contributed by atoms with Gasteiger partial charge in [-0.2, -0.15) is 13.2 Å². The van der Waals surface area contributed by atoms with Gasteiger partial charge in [-0.3, -0.25) is 4.79 Å². The fourth-order valence-electron chi connectivity index (χ4n) is 5.13. The van der Waals surface area contributed by atoms with Crippen molar-refractivity contribution in [1.29, 1.82) is 0 Å². The predicted molar refractivity (Wildman–Crippen MR) is 140 cm³/mol. The van der Waals surface area contributed by atoms with Gasteiger partial charge in [0.25, 0.3) is 0 Å². The number of alkyl halides is 3. The molecule has 1 heterocycles. The molecule has 8 heteroatoms. The van der Waals surface area contributed by atoms with Crippen molar-refractivity contribution in [3.05, 3.63) is 101 Å². The highest BCUT2D eigenvalue weighted by atomic mass is 19.4. The van der Waals surface area contributed by atoms with E-state index in [1.54, 1.807) is 0 Å². The Morgan fingerprint density at radius 2 is 1.56 bits per heavy atom. The molecule has 2 N–H and O–H groups in total. The van der Waals surface area contributed by atoms with E-state index >= 15 is 0 Å². The monoisotopic (exact) mass is 535 g/mol. The molecular formula is C31H28F3NO4. The van der Waals surface area contributed by atoms with Crippen LogP contribution in [0.15, 0.2) is 77.3 Å². The second-order valence-electron chi connectivity index (χ2n) is 10.1. The van der Waals surface area contributed by atoms with Crippen LogP contribution in [0.1, 0.15) is 59.7 Å². The van der Waals surface area contributed by atoms with Crippen molar-refractivity contribution in [2.75, 3.05) is 0 Å². The molecule has 0 aliphatic heterocycles. The molecule has 1 aromatic heterocycles. The molecule has 1 unspecified atom stereocenters. The van der Waals surface area contributed by atoms with Crippen molar-refractivity contribution in [1.82, 2.24) is 5.16 Å². The minimum Gasteiger partial charge on any atom is -0.481 e. The Kier molecular flexibility index (Phi) is 7.07. The average molecular weight is 536 g/mol. The number of carboxylic acid groups (broad SMARTS) is 1. The van der Waals surface area contributed by atoms with E-state index in [0.29, 0.717) is 37.1 Å². The van der Waals surface area contributed by atoms with Crippen molar-refractivity contribution in [2.45, 2.75) is 56.7 Å². The third kappa shape index (κ3) is 5.34. The first-order valence-electron chi connectivity index (χ1n) is 12.8. The van der Waals surface area contributed by atoms with Crippen LogP contribution >= 0.6 is 0 Å². The van der Waals surface area contributed by atoms with Crippen LogP contribution in [0.25, 0.3) is 22.5 Å². The fourth-order valence-corrected chi connectivity index (χ4v) is 5.13. The predicted octanol–water partition coefficient (Wildman–Crippen LogP) is 7.51. The molecule has 1 aliphatic rings. The first-order chi connectivity index (χ1) is 18.6. The van der Waals surface area contributed by atoms with Gasteiger partial charge in [0.15, 0.2) is 5.76 Å². The summed E-state index contributed by atoms with van der Waals surface area (Å²) in [7, 11) is 0. The lowest BCUT2D eigenvalue weighted by molar-refractivity contribution is -0.140. The lowest BCUT2D eigenvalue weighted by Gasteiger charge is -2.17. The molecule has 1 aliphatic carbocycles. The molecule has 5 nitrogen and oxygen atoms in total.